The number of esters is 1. The molecule has 1 rings (SSSR count). The molecule has 0 aromatic heterocycles. The van der Waals surface area contributed by atoms with Crippen molar-refractivity contribution < 1.29 is 19.4 Å². The molecule has 4 heteroatoms. The first-order valence-electron chi connectivity index (χ1n) is 5.06. The monoisotopic (exact) mass is 234 g/mol. The lowest BCUT2D eigenvalue weighted by atomic mass is 10.1. The lowest BCUT2D eigenvalue weighted by Gasteiger charge is -2.20. The fraction of sp³-hybridized carbons (Fsp3) is 0.231. The van der Waals surface area contributed by atoms with Gasteiger partial charge in [0.25, 0.3) is 0 Å². The van der Waals surface area contributed by atoms with Crippen LogP contribution in [0.3, 0.4) is 0 Å². The Hall–Kier alpha value is -2.10. The Morgan fingerprint density at radius 1 is 1.35 bits per heavy atom. The Kier molecular flexibility index (Phi) is 3.68. The minimum atomic E-state index is -1.08. The molecule has 0 bridgehead atoms. The Bertz CT molecular complexity index is 460. The van der Waals surface area contributed by atoms with Crippen molar-refractivity contribution in [1.29, 1.82) is 0 Å². The summed E-state index contributed by atoms with van der Waals surface area (Å²) in [7, 11) is 0. The second-order valence-corrected chi connectivity index (χ2v) is 4.08. The maximum atomic E-state index is 11.7. The highest BCUT2D eigenvalue weighted by Gasteiger charge is 2.20. The third kappa shape index (κ3) is 3.45. The SMILES string of the molecule is C=CC(C)(C)OC(=O)c1cccc(C(=O)O)c1. The van der Waals surface area contributed by atoms with E-state index in [1.54, 1.807) is 13.8 Å². The van der Waals surface area contributed by atoms with Gasteiger partial charge in [0.15, 0.2) is 0 Å². The van der Waals surface area contributed by atoms with Crippen LogP contribution in [0.1, 0.15) is 34.6 Å². The summed E-state index contributed by atoms with van der Waals surface area (Å²) < 4.78 is 5.16. The maximum Gasteiger partial charge on any atom is 0.338 e. The zero-order valence-electron chi connectivity index (χ0n) is 9.77. The van der Waals surface area contributed by atoms with E-state index in [4.69, 9.17) is 9.84 Å². The Morgan fingerprint density at radius 3 is 2.47 bits per heavy atom. The number of carboxylic acids is 1. The van der Waals surface area contributed by atoms with E-state index in [0.717, 1.165) is 0 Å². The smallest absolute Gasteiger partial charge is 0.338 e. The number of rotatable bonds is 4. The second kappa shape index (κ2) is 4.82. The van der Waals surface area contributed by atoms with Gasteiger partial charge in [-0.05, 0) is 38.1 Å². The molecule has 0 fully saturated rings. The van der Waals surface area contributed by atoms with Gasteiger partial charge in [0, 0.05) is 0 Å². The van der Waals surface area contributed by atoms with Crippen molar-refractivity contribution >= 4 is 11.9 Å². The topological polar surface area (TPSA) is 63.6 Å². The Labute approximate surface area is 99.5 Å². The van der Waals surface area contributed by atoms with Gasteiger partial charge in [0.05, 0.1) is 11.1 Å². The molecule has 1 aromatic carbocycles. The van der Waals surface area contributed by atoms with Crippen molar-refractivity contribution in [2.24, 2.45) is 0 Å². The molecule has 0 unspecified atom stereocenters. The van der Waals surface area contributed by atoms with Crippen molar-refractivity contribution in [1.82, 2.24) is 0 Å². The van der Waals surface area contributed by atoms with E-state index in [9.17, 15) is 9.59 Å². The molecular formula is C13H14O4. The summed E-state index contributed by atoms with van der Waals surface area (Å²) in [5.41, 5.74) is -0.522. The minimum Gasteiger partial charge on any atom is -0.478 e. The van der Waals surface area contributed by atoms with Crippen molar-refractivity contribution in [3.8, 4) is 0 Å². The van der Waals surface area contributed by atoms with Crippen molar-refractivity contribution in [2.45, 2.75) is 19.4 Å². The Morgan fingerprint density at radius 2 is 1.94 bits per heavy atom. The van der Waals surface area contributed by atoms with Gasteiger partial charge in [-0.3, -0.25) is 0 Å². The van der Waals surface area contributed by atoms with Crippen LogP contribution in [0, 0.1) is 0 Å². The molecule has 0 aliphatic rings. The van der Waals surface area contributed by atoms with Crippen LogP contribution in [-0.2, 0) is 4.74 Å². The highest BCUT2D eigenvalue weighted by Crippen LogP contribution is 2.15. The molecule has 0 aliphatic heterocycles. The fourth-order valence-corrected chi connectivity index (χ4v) is 1.12. The molecule has 0 heterocycles. The summed E-state index contributed by atoms with van der Waals surface area (Å²) in [6.45, 7) is 6.94. The molecule has 17 heavy (non-hydrogen) atoms. The molecule has 0 saturated carbocycles. The van der Waals surface area contributed by atoms with Gasteiger partial charge in [0.2, 0.25) is 0 Å². The average Bonchev–Trinajstić information content (AvgIpc) is 2.28. The normalized spacial score (nSPS) is 10.7. The molecule has 0 amide bonds. The lowest BCUT2D eigenvalue weighted by molar-refractivity contribution is 0.0174. The molecule has 0 spiro atoms. The molecule has 0 aliphatic carbocycles. The third-order valence-corrected chi connectivity index (χ3v) is 2.19. The number of carbonyl (C=O) groups is 2. The van der Waals surface area contributed by atoms with Crippen LogP contribution < -0.4 is 0 Å². The largest absolute Gasteiger partial charge is 0.478 e. The second-order valence-electron chi connectivity index (χ2n) is 4.08. The predicted octanol–water partition coefficient (Wildman–Crippen LogP) is 2.51. The first kappa shape index (κ1) is 13.0. The number of benzene rings is 1. The first-order valence-corrected chi connectivity index (χ1v) is 5.06. The van der Waals surface area contributed by atoms with Gasteiger partial charge in [-0.25, -0.2) is 9.59 Å². The van der Waals surface area contributed by atoms with Gasteiger partial charge in [-0.15, -0.1) is 0 Å². The van der Waals surface area contributed by atoms with Crippen LogP contribution >= 0.6 is 0 Å². The molecular weight excluding hydrogens is 220 g/mol. The summed E-state index contributed by atoms with van der Waals surface area (Å²) >= 11 is 0. The molecule has 1 N–H and O–H groups in total. The maximum absolute atomic E-state index is 11.7. The highest BCUT2D eigenvalue weighted by molar-refractivity contribution is 5.94. The van der Waals surface area contributed by atoms with E-state index in [1.807, 2.05) is 0 Å². The zero-order chi connectivity index (χ0) is 13.1. The molecule has 4 nitrogen and oxygen atoms in total. The standard InChI is InChI=1S/C13H14O4/c1-4-13(2,3)17-12(16)10-7-5-6-9(8-10)11(14)15/h4-8H,1H2,2-3H3,(H,14,15). The van der Waals surface area contributed by atoms with Gasteiger partial charge in [0.1, 0.15) is 5.60 Å². The quantitative estimate of drug-likeness (QED) is 0.642. The molecule has 0 saturated heterocycles. The van der Waals surface area contributed by atoms with Gasteiger partial charge in [-0.2, -0.15) is 0 Å². The fourth-order valence-electron chi connectivity index (χ4n) is 1.12. The number of carbonyl (C=O) groups excluding carboxylic acids is 1. The summed E-state index contributed by atoms with van der Waals surface area (Å²) in [6, 6.07) is 5.70. The zero-order valence-corrected chi connectivity index (χ0v) is 9.77. The molecule has 1 aromatic rings. The summed E-state index contributed by atoms with van der Waals surface area (Å²) in [4.78, 5) is 22.5. The highest BCUT2D eigenvalue weighted by atomic mass is 16.6. The van der Waals surface area contributed by atoms with Gasteiger partial charge < -0.3 is 9.84 Å². The van der Waals surface area contributed by atoms with Crippen molar-refractivity contribution in [3.63, 3.8) is 0 Å². The molecule has 90 valence electrons. The average molecular weight is 234 g/mol. The molecule has 0 radical (unpaired) electrons. The van der Waals surface area contributed by atoms with Crippen LogP contribution in [0.2, 0.25) is 0 Å². The van der Waals surface area contributed by atoms with Crippen molar-refractivity contribution in [3.05, 3.63) is 48.0 Å². The summed E-state index contributed by atoms with van der Waals surface area (Å²) in [5, 5.41) is 8.80. The van der Waals surface area contributed by atoms with E-state index < -0.39 is 17.5 Å². The van der Waals surface area contributed by atoms with E-state index in [-0.39, 0.29) is 11.1 Å². The number of hydrogen-bond acceptors (Lipinski definition) is 3. The van der Waals surface area contributed by atoms with E-state index in [2.05, 4.69) is 6.58 Å². The number of aromatic carboxylic acids is 1. The minimum absolute atomic E-state index is 0.0517. The lowest BCUT2D eigenvalue weighted by Crippen LogP contribution is -2.25. The van der Waals surface area contributed by atoms with Crippen molar-refractivity contribution in [2.75, 3.05) is 0 Å². The summed E-state index contributed by atoms with van der Waals surface area (Å²) in [5.74, 6) is -1.65. The number of ether oxygens (including phenoxy) is 1. The number of carboxylic acid groups (broad SMARTS) is 1. The van der Waals surface area contributed by atoms with E-state index in [1.165, 1.54) is 30.3 Å². The predicted molar refractivity (Wildman–Crippen MR) is 63.1 cm³/mol. The number of hydrogen-bond donors (Lipinski definition) is 1. The van der Waals surface area contributed by atoms with Crippen LogP contribution in [0.4, 0.5) is 0 Å². The van der Waals surface area contributed by atoms with Crippen LogP contribution in [0.25, 0.3) is 0 Å². The van der Waals surface area contributed by atoms with Crippen LogP contribution in [-0.4, -0.2) is 22.6 Å². The first-order chi connectivity index (χ1) is 7.85. The Balaban J connectivity index is 2.93. The van der Waals surface area contributed by atoms with Gasteiger partial charge in [-0.1, -0.05) is 12.6 Å². The van der Waals surface area contributed by atoms with Crippen LogP contribution in [0.15, 0.2) is 36.9 Å². The molecule has 0 atom stereocenters. The van der Waals surface area contributed by atoms with Crippen LogP contribution in [0.5, 0.6) is 0 Å². The summed E-state index contributed by atoms with van der Waals surface area (Å²) in [6.07, 6.45) is 1.51. The third-order valence-electron chi connectivity index (χ3n) is 2.19. The van der Waals surface area contributed by atoms with E-state index in [0.29, 0.717) is 0 Å². The van der Waals surface area contributed by atoms with E-state index >= 15 is 0 Å². The van der Waals surface area contributed by atoms with Gasteiger partial charge >= 0.3 is 11.9 Å².